The predicted octanol–water partition coefficient (Wildman–Crippen LogP) is 4.39. The molecule has 2 N–H and O–H groups in total. The lowest BCUT2D eigenvalue weighted by Gasteiger charge is -2.33. The molecule has 0 saturated heterocycles. The topological polar surface area (TPSA) is 71.1 Å². The van der Waals surface area contributed by atoms with Crippen molar-refractivity contribution in [3.05, 3.63) is 51.7 Å². The zero-order chi connectivity index (χ0) is 21.1. The molecule has 160 valence electrons. The van der Waals surface area contributed by atoms with Crippen molar-refractivity contribution in [2.45, 2.75) is 51.5 Å². The van der Waals surface area contributed by atoms with E-state index in [0.29, 0.717) is 29.5 Å². The lowest BCUT2D eigenvalue weighted by atomic mass is 9.78. The molecule has 2 aliphatic rings. The zero-order valence-electron chi connectivity index (χ0n) is 17.2. The molecule has 2 aromatic rings. The monoisotopic (exact) mass is 429 g/mol. The van der Waals surface area contributed by atoms with E-state index in [9.17, 15) is 14.0 Å². The molecule has 4 rings (SSSR count). The summed E-state index contributed by atoms with van der Waals surface area (Å²) in [6.45, 7) is 2.28. The van der Waals surface area contributed by atoms with Crippen LogP contribution in [0.25, 0.3) is 0 Å². The largest absolute Gasteiger partial charge is 0.352 e. The first-order valence-corrected chi connectivity index (χ1v) is 11.6. The van der Waals surface area contributed by atoms with Crippen molar-refractivity contribution in [3.8, 4) is 0 Å². The molecule has 2 amide bonds. The summed E-state index contributed by atoms with van der Waals surface area (Å²) < 4.78 is 13.7. The van der Waals surface area contributed by atoms with Gasteiger partial charge in [0.15, 0.2) is 0 Å². The van der Waals surface area contributed by atoms with Crippen LogP contribution in [-0.2, 0) is 4.79 Å². The van der Waals surface area contributed by atoms with E-state index >= 15 is 0 Å². The average molecular weight is 430 g/mol. The van der Waals surface area contributed by atoms with Crippen molar-refractivity contribution in [2.24, 2.45) is 17.8 Å². The number of benzene rings is 1. The Kier molecular flexibility index (Phi) is 6.46. The molecule has 2 saturated carbocycles. The van der Waals surface area contributed by atoms with Crippen molar-refractivity contribution >= 4 is 23.2 Å². The van der Waals surface area contributed by atoms with Gasteiger partial charge in [-0.15, -0.1) is 11.3 Å². The Hall–Kier alpha value is -2.28. The first kappa shape index (κ1) is 21.0. The Bertz CT molecular complexity index is 890. The van der Waals surface area contributed by atoms with Crippen molar-refractivity contribution < 1.29 is 14.0 Å². The van der Waals surface area contributed by atoms with E-state index in [1.807, 2.05) is 5.38 Å². The molecule has 7 heteroatoms. The Morgan fingerprint density at radius 2 is 1.97 bits per heavy atom. The molecule has 5 nitrogen and oxygen atoms in total. The van der Waals surface area contributed by atoms with Crippen molar-refractivity contribution in [1.29, 1.82) is 0 Å². The van der Waals surface area contributed by atoms with Gasteiger partial charge in [0.05, 0.1) is 6.04 Å². The minimum absolute atomic E-state index is 0.0100. The van der Waals surface area contributed by atoms with E-state index in [0.717, 1.165) is 43.5 Å². The van der Waals surface area contributed by atoms with Crippen LogP contribution in [0.2, 0.25) is 0 Å². The molecule has 1 atom stereocenters. The van der Waals surface area contributed by atoms with Crippen LogP contribution in [0, 0.1) is 30.5 Å². The zero-order valence-corrected chi connectivity index (χ0v) is 18.0. The Morgan fingerprint density at radius 1 is 1.20 bits per heavy atom. The minimum Gasteiger partial charge on any atom is -0.352 e. The van der Waals surface area contributed by atoms with Crippen LogP contribution in [-0.4, -0.2) is 23.3 Å². The highest BCUT2D eigenvalue weighted by atomic mass is 32.1. The van der Waals surface area contributed by atoms with E-state index in [2.05, 4.69) is 15.6 Å². The van der Waals surface area contributed by atoms with E-state index in [1.165, 1.54) is 6.07 Å². The van der Waals surface area contributed by atoms with Crippen molar-refractivity contribution in [1.82, 2.24) is 15.6 Å². The highest BCUT2D eigenvalue weighted by Crippen LogP contribution is 2.38. The third-order valence-corrected chi connectivity index (χ3v) is 7.17. The van der Waals surface area contributed by atoms with E-state index in [4.69, 9.17) is 0 Å². The number of thiazole rings is 1. The number of nitrogens with zero attached hydrogens (tertiary/aromatic N) is 1. The molecule has 0 aliphatic heterocycles. The minimum atomic E-state index is -0.357. The number of amides is 2. The lowest BCUT2D eigenvalue weighted by molar-refractivity contribution is -0.123. The first-order chi connectivity index (χ1) is 14.5. The smallest absolute Gasteiger partial charge is 0.251 e. The third-order valence-electron chi connectivity index (χ3n) is 6.31. The van der Waals surface area contributed by atoms with Gasteiger partial charge in [-0.3, -0.25) is 9.59 Å². The fraction of sp³-hybridized carbons (Fsp3) is 0.522. The molecule has 30 heavy (non-hydrogen) atoms. The highest BCUT2D eigenvalue weighted by molar-refractivity contribution is 7.09. The van der Waals surface area contributed by atoms with Crippen molar-refractivity contribution in [2.75, 3.05) is 6.54 Å². The Balaban J connectivity index is 1.29. The molecule has 2 fully saturated rings. The number of carbonyl (C=O) groups excluding carboxylic acids is 2. The van der Waals surface area contributed by atoms with Crippen LogP contribution >= 0.6 is 11.3 Å². The van der Waals surface area contributed by atoms with Gasteiger partial charge in [-0.25, -0.2) is 9.37 Å². The first-order valence-electron chi connectivity index (χ1n) is 10.8. The van der Waals surface area contributed by atoms with Gasteiger partial charge in [0.25, 0.3) is 5.91 Å². The standard InChI is InChI=1S/C23H28FN3O2S/c1-14-2-5-18(12-19(14)24)21(28)26-13-15-3-6-16(7-4-15)20(23-25-10-11-30-23)27-22(29)17-8-9-17/h2,5,10-12,15-17,20H,3-4,6-9,13H2,1H3,(H,26,28)(H,27,29)/t15?,16?,20-/m1/s1. The van der Waals surface area contributed by atoms with E-state index < -0.39 is 0 Å². The van der Waals surface area contributed by atoms with Gasteiger partial charge < -0.3 is 10.6 Å². The molecule has 0 bridgehead atoms. The van der Waals surface area contributed by atoms with Crippen LogP contribution in [0.15, 0.2) is 29.8 Å². The summed E-state index contributed by atoms with van der Waals surface area (Å²) in [4.78, 5) is 29.2. The average Bonchev–Trinajstić information content (AvgIpc) is 3.47. The summed E-state index contributed by atoms with van der Waals surface area (Å²) in [6, 6.07) is 4.57. The van der Waals surface area contributed by atoms with Crippen molar-refractivity contribution in [3.63, 3.8) is 0 Å². The van der Waals surface area contributed by atoms with Gasteiger partial charge in [0, 0.05) is 29.6 Å². The van der Waals surface area contributed by atoms with Gasteiger partial charge in [-0.1, -0.05) is 6.07 Å². The van der Waals surface area contributed by atoms with Crippen LogP contribution in [0.1, 0.15) is 65.5 Å². The number of aromatic nitrogens is 1. The summed E-state index contributed by atoms with van der Waals surface area (Å²) in [7, 11) is 0. The van der Waals surface area contributed by atoms with Crippen LogP contribution in [0.5, 0.6) is 0 Å². The highest BCUT2D eigenvalue weighted by Gasteiger charge is 2.35. The number of hydrogen-bond donors (Lipinski definition) is 2. The normalized spacial score (nSPS) is 22.3. The maximum absolute atomic E-state index is 13.7. The molecule has 2 aliphatic carbocycles. The number of hydrogen-bond acceptors (Lipinski definition) is 4. The van der Waals surface area contributed by atoms with Crippen LogP contribution in [0.3, 0.4) is 0 Å². The second-order valence-electron chi connectivity index (χ2n) is 8.59. The van der Waals surface area contributed by atoms with Gasteiger partial charge in [-0.2, -0.15) is 0 Å². The predicted molar refractivity (Wildman–Crippen MR) is 115 cm³/mol. The summed E-state index contributed by atoms with van der Waals surface area (Å²) >= 11 is 1.60. The number of rotatable bonds is 7. The van der Waals surface area contributed by atoms with Gasteiger partial charge in [0.1, 0.15) is 10.8 Å². The second kappa shape index (κ2) is 9.25. The Morgan fingerprint density at radius 3 is 2.60 bits per heavy atom. The van der Waals surface area contributed by atoms with Gasteiger partial charge in [-0.05, 0) is 75.0 Å². The molecule has 0 radical (unpaired) electrons. The third kappa shape index (κ3) is 5.06. The maximum atomic E-state index is 13.7. The SMILES string of the molecule is Cc1ccc(C(=O)NCC2CCC([C@@H](NC(=O)C3CC3)c3nccs3)CC2)cc1F. The van der Waals surface area contributed by atoms with Gasteiger partial charge in [0.2, 0.25) is 5.91 Å². The maximum Gasteiger partial charge on any atom is 0.251 e. The number of aryl methyl sites for hydroxylation is 1. The Labute approximate surface area is 180 Å². The molecular formula is C23H28FN3O2S. The fourth-order valence-corrected chi connectivity index (χ4v) is 4.97. The van der Waals surface area contributed by atoms with Crippen LogP contribution < -0.4 is 10.6 Å². The fourth-order valence-electron chi connectivity index (χ4n) is 4.18. The molecule has 1 aromatic carbocycles. The van der Waals surface area contributed by atoms with E-state index in [1.54, 1.807) is 36.6 Å². The molecule has 1 heterocycles. The summed E-state index contributed by atoms with van der Waals surface area (Å²) in [5, 5.41) is 9.16. The van der Waals surface area contributed by atoms with E-state index in [-0.39, 0.29) is 29.6 Å². The van der Waals surface area contributed by atoms with Crippen LogP contribution in [0.4, 0.5) is 4.39 Å². The summed E-state index contributed by atoms with van der Waals surface area (Å²) in [5.74, 6) is 0.534. The van der Waals surface area contributed by atoms with Gasteiger partial charge >= 0.3 is 0 Å². The lowest BCUT2D eigenvalue weighted by Crippen LogP contribution is -2.37. The number of nitrogens with one attached hydrogen (secondary N) is 2. The molecular weight excluding hydrogens is 401 g/mol. The quantitative estimate of drug-likeness (QED) is 0.686. The summed E-state index contributed by atoms with van der Waals surface area (Å²) in [5.41, 5.74) is 0.895. The number of halogens is 1. The second-order valence-corrected chi connectivity index (χ2v) is 9.51. The summed E-state index contributed by atoms with van der Waals surface area (Å²) in [6.07, 6.45) is 7.76. The molecule has 0 spiro atoms. The number of carbonyl (C=O) groups is 2. The molecule has 1 aromatic heterocycles. The molecule has 0 unspecified atom stereocenters.